The second kappa shape index (κ2) is 5.00. The summed E-state index contributed by atoms with van der Waals surface area (Å²) in [5.41, 5.74) is 2.10. The molecular formula is C11H13NO. The number of hydrogen-bond acceptors (Lipinski definition) is 2. The van der Waals surface area contributed by atoms with E-state index in [9.17, 15) is 5.11 Å². The van der Waals surface area contributed by atoms with Gasteiger partial charge in [0, 0.05) is 0 Å². The van der Waals surface area contributed by atoms with Crippen LogP contribution in [0.15, 0.2) is 25.3 Å². The van der Waals surface area contributed by atoms with Crippen molar-refractivity contribution >= 4 is 0 Å². The van der Waals surface area contributed by atoms with E-state index in [1.54, 1.807) is 26.0 Å². The van der Waals surface area contributed by atoms with E-state index >= 15 is 0 Å². The SMILES string of the molecule is C=C.Cc1cc(C#N)cc(C)c1O. The predicted molar refractivity (Wildman–Crippen MR) is 53.5 cm³/mol. The van der Waals surface area contributed by atoms with Crippen molar-refractivity contribution < 1.29 is 5.11 Å². The molecule has 0 spiro atoms. The molecule has 1 N–H and O–H groups in total. The zero-order chi connectivity index (χ0) is 10.4. The van der Waals surface area contributed by atoms with Crippen molar-refractivity contribution in [3.8, 4) is 11.8 Å². The Hall–Kier alpha value is -1.75. The lowest BCUT2D eigenvalue weighted by molar-refractivity contribution is 0.467. The van der Waals surface area contributed by atoms with Crippen LogP contribution in [0.2, 0.25) is 0 Å². The van der Waals surface area contributed by atoms with Gasteiger partial charge in [-0.25, -0.2) is 0 Å². The quantitative estimate of drug-likeness (QED) is 0.616. The second-order valence-corrected chi connectivity index (χ2v) is 2.57. The van der Waals surface area contributed by atoms with Crippen molar-refractivity contribution in [2.75, 3.05) is 0 Å². The molecule has 2 heteroatoms. The minimum atomic E-state index is 0.281. The molecule has 0 aromatic heterocycles. The maximum absolute atomic E-state index is 9.32. The van der Waals surface area contributed by atoms with Crippen molar-refractivity contribution in [2.24, 2.45) is 0 Å². The Kier molecular flexibility index (Phi) is 4.32. The summed E-state index contributed by atoms with van der Waals surface area (Å²) < 4.78 is 0. The first kappa shape index (κ1) is 11.2. The molecule has 0 heterocycles. The van der Waals surface area contributed by atoms with E-state index < -0.39 is 0 Å². The van der Waals surface area contributed by atoms with Crippen molar-refractivity contribution in [1.82, 2.24) is 0 Å². The highest BCUT2D eigenvalue weighted by Crippen LogP contribution is 2.22. The molecule has 0 saturated heterocycles. The molecule has 0 atom stereocenters. The molecule has 0 amide bonds. The molecule has 0 bridgehead atoms. The highest BCUT2D eigenvalue weighted by atomic mass is 16.3. The Balaban J connectivity index is 0.000000671. The summed E-state index contributed by atoms with van der Waals surface area (Å²) in [6, 6.07) is 5.36. The van der Waals surface area contributed by atoms with E-state index in [0.717, 1.165) is 11.1 Å². The first-order valence-corrected chi connectivity index (χ1v) is 3.85. The van der Waals surface area contributed by atoms with Gasteiger partial charge >= 0.3 is 0 Å². The van der Waals surface area contributed by atoms with Crippen LogP contribution in [0.3, 0.4) is 0 Å². The summed E-state index contributed by atoms with van der Waals surface area (Å²) in [5, 5.41) is 17.9. The van der Waals surface area contributed by atoms with Crippen LogP contribution in [0, 0.1) is 25.2 Å². The average molecular weight is 175 g/mol. The van der Waals surface area contributed by atoms with Crippen LogP contribution >= 0.6 is 0 Å². The number of hydrogen-bond donors (Lipinski definition) is 1. The fraction of sp³-hybridized carbons (Fsp3) is 0.182. The van der Waals surface area contributed by atoms with Crippen LogP contribution in [-0.4, -0.2) is 5.11 Å². The van der Waals surface area contributed by atoms with Gasteiger partial charge < -0.3 is 5.11 Å². The number of aryl methyl sites for hydroxylation is 2. The molecule has 0 aliphatic heterocycles. The summed E-state index contributed by atoms with van der Waals surface area (Å²) >= 11 is 0. The number of rotatable bonds is 0. The smallest absolute Gasteiger partial charge is 0.121 e. The zero-order valence-corrected chi connectivity index (χ0v) is 7.96. The fourth-order valence-corrected chi connectivity index (χ4v) is 1.02. The number of benzene rings is 1. The molecule has 2 nitrogen and oxygen atoms in total. The topological polar surface area (TPSA) is 44.0 Å². The highest BCUT2D eigenvalue weighted by molar-refractivity contribution is 5.45. The standard InChI is InChI=1S/C9H9NO.C2H4/c1-6-3-8(5-10)4-7(2)9(6)11;1-2/h3-4,11H,1-2H3;1-2H2. The van der Waals surface area contributed by atoms with Crippen LogP contribution in [-0.2, 0) is 0 Å². The van der Waals surface area contributed by atoms with E-state index in [4.69, 9.17) is 5.26 Å². The predicted octanol–water partition coefficient (Wildman–Crippen LogP) is 2.68. The van der Waals surface area contributed by atoms with Gasteiger partial charge in [-0.2, -0.15) is 5.26 Å². The molecule has 0 aliphatic carbocycles. The van der Waals surface area contributed by atoms with Gasteiger partial charge in [-0.05, 0) is 37.1 Å². The lowest BCUT2D eigenvalue weighted by Gasteiger charge is -2.01. The number of phenols is 1. The lowest BCUT2D eigenvalue weighted by atomic mass is 10.1. The monoisotopic (exact) mass is 175 g/mol. The van der Waals surface area contributed by atoms with Gasteiger partial charge in [-0.15, -0.1) is 13.2 Å². The van der Waals surface area contributed by atoms with E-state index in [1.807, 2.05) is 6.07 Å². The third kappa shape index (κ3) is 2.64. The van der Waals surface area contributed by atoms with Crippen molar-refractivity contribution in [1.29, 1.82) is 5.26 Å². The van der Waals surface area contributed by atoms with E-state index in [0.29, 0.717) is 5.56 Å². The van der Waals surface area contributed by atoms with Crippen LogP contribution < -0.4 is 0 Å². The largest absolute Gasteiger partial charge is 0.507 e. The maximum atomic E-state index is 9.32. The molecule has 1 aromatic carbocycles. The van der Waals surface area contributed by atoms with Crippen LogP contribution in [0.25, 0.3) is 0 Å². The van der Waals surface area contributed by atoms with Crippen molar-refractivity contribution in [2.45, 2.75) is 13.8 Å². The van der Waals surface area contributed by atoms with E-state index in [1.165, 1.54) is 0 Å². The highest BCUT2D eigenvalue weighted by Gasteiger charge is 2.01. The Morgan fingerprint density at radius 3 is 1.92 bits per heavy atom. The van der Waals surface area contributed by atoms with Crippen molar-refractivity contribution in [3.05, 3.63) is 42.0 Å². The van der Waals surface area contributed by atoms with Gasteiger partial charge in [0.15, 0.2) is 0 Å². The summed E-state index contributed by atoms with van der Waals surface area (Å²) in [7, 11) is 0. The summed E-state index contributed by atoms with van der Waals surface area (Å²) in [6.45, 7) is 9.56. The summed E-state index contributed by atoms with van der Waals surface area (Å²) in [6.07, 6.45) is 0. The number of nitriles is 1. The lowest BCUT2D eigenvalue weighted by Crippen LogP contribution is -1.83. The number of aromatic hydroxyl groups is 1. The van der Waals surface area contributed by atoms with Crippen molar-refractivity contribution in [3.63, 3.8) is 0 Å². The molecule has 0 unspecified atom stereocenters. The normalized spacial score (nSPS) is 8.08. The molecule has 1 aromatic rings. The Morgan fingerprint density at radius 2 is 1.62 bits per heavy atom. The fourth-order valence-electron chi connectivity index (χ4n) is 1.02. The summed E-state index contributed by atoms with van der Waals surface area (Å²) in [5.74, 6) is 0.281. The Bertz CT molecular complexity index is 313. The molecule has 0 saturated carbocycles. The Labute approximate surface area is 78.8 Å². The minimum Gasteiger partial charge on any atom is -0.507 e. The molecule has 0 radical (unpaired) electrons. The first-order chi connectivity index (χ1) is 6.15. The molecule has 0 aliphatic rings. The average Bonchev–Trinajstić information content (AvgIpc) is 2.16. The molecular weight excluding hydrogens is 162 g/mol. The van der Waals surface area contributed by atoms with Gasteiger partial charge in [0.25, 0.3) is 0 Å². The van der Waals surface area contributed by atoms with Gasteiger partial charge in [-0.3, -0.25) is 0 Å². The van der Waals surface area contributed by atoms with Crippen LogP contribution in [0.4, 0.5) is 0 Å². The zero-order valence-electron chi connectivity index (χ0n) is 7.96. The molecule has 13 heavy (non-hydrogen) atoms. The maximum Gasteiger partial charge on any atom is 0.121 e. The van der Waals surface area contributed by atoms with Gasteiger partial charge in [0.05, 0.1) is 11.6 Å². The van der Waals surface area contributed by atoms with Gasteiger partial charge in [0.2, 0.25) is 0 Å². The van der Waals surface area contributed by atoms with Crippen LogP contribution in [0.5, 0.6) is 5.75 Å². The molecule has 0 fully saturated rings. The minimum absolute atomic E-state index is 0.281. The van der Waals surface area contributed by atoms with E-state index in [2.05, 4.69) is 13.2 Å². The summed E-state index contributed by atoms with van der Waals surface area (Å²) in [4.78, 5) is 0. The second-order valence-electron chi connectivity index (χ2n) is 2.57. The third-order valence-corrected chi connectivity index (χ3v) is 1.62. The third-order valence-electron chi connectivity index (χ3n) is 1.62. The van der Waals surface area contributed by atoms with Gasteiger partial charge in [-0.1, -0.05) is 0 Å². The Morgan fingerprint density at radius 1 is 1.23 bits per heavy atom. The molecule has 68 valence electrons. The first-order valence-electron chi connectivity index (χ1n) is 3.85. The van der Waals surface area contributed by atoms with E-state index in [-0.39, 0.29) is 5.75 Å². The number of nitrogens with zero attached hydrogens (tertiary/aromatic N) is 1. The molecule has 1 rings (SSSR count). The van der Waals surface area contributed by atoms with Crippen LogP contribution in [0.1, 0.15) is 16.7 Å². The number of phenolic OH excluding ortho intramolecular Hbond substituents is 1. The van der Waals surface area contributed by atoms with Gasteiger partial charge in [0.1, 0.15) is 5.75 Å².